The van der Waals surface area contributed by atoms with E-state index < -0.39 is 0 Å². The van der Waals surface area contributed by atoms with Crippen LogP contribution in [-0.2, 0) is 4.74 Å². The van der Waals surface area contributed by atoms with Crippen LogP contribution >= 0.6 is 11.3 Å². The minimum absolute atomic E-state index is 0.00907. The molecule has 1 aliphatic rings. The van der Waals surface area contributed by atoms with Gasteiger partial charge in [-0.2, -0.15) is 0 Å². The van der Waals surface area contributed by atoms with Crippen LogP contribution in [0.5, 0.6) is 0 Å². The Balaban J connectivity index is 2.16. The summed E-state index contributed by atoms with van der Waals surface area (Å²) in [4.78, 5) is 1.20. The summed E-state index contributed by atoms with van der Waals surface area (Å²) in [6.07, 6.45) is 0. The lowest BCUT2D eigenvalue weighted by molar-refractivity contribution is -0.120. The molecule has 0 radical (unpaired) electrons. The second-order valence-electron chi connectivity index (χ2n) is 3.55. The highest BCUT2D eigenvalue weighted by Gasteiger charge is 2.43. The van der Waals surface area contributed by atoms with Gasteiger partial charge in [0.25, 0.3) is 0 Å². The Bertz CT molecular complexity index is 264. The van der Waals surface area contributed by atoms with Crippen LogP contribution in [0.25, 0.3) is 0 Å². The lowest BCUT2D eigenvalue weighted by Crippen LogP contribution is -2.54. The highest BCUT2D eigenvalue weighted by atomic mass is 32.1. The maximum atomic E-state index is 6.14. The molecular weight excluding hydrogens is 184 g/mol. The van der Waals surface area contributed by atoms with E-state index in [-0.39, 0.29) is 11.5 Å². The van der Waals surface area contributed by atoms with Crippen molar-refractivity contribution >= 4 is 11.3 Å². The van der Waals surface area contributed by atoms with Crippen LogP contribution in [0.2, 0.25) is 0 Å². The molecule has 4 N–H and O–H groups in total. The fraction of sp³-hybridized carbons (Fsp3) is 0.556. The molecule has 3 nitrogen and oxygen atoms in total. The van der Waals surface area contributed by atoms with Crippen molar-refractivity contribution in [3.8, 4) is 0 Å². The van der Waals surface area contributed by atoms with Gasteiger partial charge in [0.15, 0.2) is 0 Å². The van der Waals surface area contributed by atoms with Crippen LogP contribution in [0.15, 0.2) is 17.5 Å². The number of hydrogen-bond donors (Lipinski definition) is 2. The van der Waals surface area contributed by atoms with E-state index in [0.29, 0.717) is 19.8 Å². The first-order valence-corrected chi connectivity index (χ1v) is 5.23. The van der Waals surface area contributed by atoms with Gasteiger partial charge in [-0.1, -0.05) is 6.07 Å². The first-order chi connectivity index (χ1) is 6.28. The van der Waals surface area contributed by atoms with Crippen LogP contribution in [0.4, 0.5) is 0 Å². The monoisotopic (exact) mass is 198 g/mol. The molecule has 1 unspecified atom stereocenters. The third-order valence-electron chi connectivity index (χ3n) is 2.70. The van der Waals surface area contributed by atoms with Gasteiger partial charge in [-0.25, -0.2) is 0 Å². The Morgan fingerprint density at radius 2 is 2.38 bits per heavy atom. The molecule has 1 aromatic rings. The van der Waals surface area contributed by atoms with Gasteiger partial charge in [-0.3, -0.25) is 0 Å². The summed E-state index contributed by atoms with van der Waals surface area (Å²) in [5, 5.41) is 2.04. The van der Waals surface area contributed by atoms with Crippen LogP contribution in [0, 0.1) is 5.41 Å². The number of rotatable bonds is 3. The molecule has 1 fully saturated rings. The van der Waals surface area contributed by atoms with Crippen LogP contribution in [0.1, 0.15) is 10.9 Å². The molecule has 1 aromatic heterocycles. The topological polar surface area (TPSA) is 61.3 Å². The molecule has 0 saturated carbocycles. The Morgan fingerprint density at radius 3 is 2.77 bits per heavy atom. The summed E-state index contributed by atoms with van der Waals surface area (Å²) >= 11 is 1.69. The van der Waals surface area contributed by atoms with Crippen molar-refractivity contribution in [1.82, 2.24) is 0 Å². The molecule has 4 heteroatoms. The quantitative estimate of drug-likeness (QED) is 0.752. The minimum Gasteiger partial charge on any atom is -0.380 e. The number of hydrogen-bond acceptors (Lipinski definition) is 4. The van der Waals surface area contributed by atoms with Crippen molar-refractivity contribution in [2.45, 2.75) is 6.04 Å². The lowest BCUT2D eigenvalue weighted by atomic mass is 9.78. The molecule has 72 valence electrons. The Kier molecular flexibility index (Phi) is 2.38. The van der Waals surface area contributed by atoms with Gasteiger partial charge < -0.3 is 16.2 Å². The van der Waals surface area contributed by atoms with E-state index in [9.17, 15) is 0 Å². The minimum atomic E-state index is -0.00907. The summed E-state index contributed by atoms with van der Waals surface area (Å²) in [5.41, 5.74) is 11.9. The number of ether oxygens (including phenoxy) is 1. The van der Waals surface area contributed by atoms with E-state index in [1.807, 2.05) is 11.4 Å². The number of nitrogens with two attached hydrogens (primary N) is 2. The van der Waals surface area contributed by atoms with Gasteiger partial charge in [-0.15, -0.1) is 11.3 Å². The van der Waals surface area contributed by atoms with E-state index in [4.69, 9.17) is 16.2 Å². The Hall–Kier alpha value is -0.420. The predicted octanol–water partition coefficient (Wildman–Crippen LogP) is 0.723. The summed E-state index contributed by atoms with van der Waals surface area (Å²) in [6, 6.07) is 4.11. The Labute approximate surface area is 81.7 Å². The first-order valence-electron chi connectivity index (χ1n) is 4.35. The molecule has 2 heterocycles. The van der Waals surface area contributed by atoms with E-state index in [2.05, 4.69) is 6.07 Å². The SMILES string of the molecule is NCC1(C(N)c2cccs2)COC1. The van der Waals surface area contributed by atoms with Gasteiger partial charge >= 0.3 is 0 Å². The second kappa shape index (κ2) is 3.38. The molecule has 0 aliphatic carbocycles. The van der Waals surface area contributed by atoms with Gasteiger partial charge in [0.05, 0.1) is 19.3 Å². The van der Waals surface area contributed by atoms with E-state index in [0.717, 1.165) is 0 Å². The smallest absolute Gasteiger partial charge is 0.0575 e. The molecule has 0 aromatic carbocycles. The maximum absolute atomic E-state index is 6.14. The van der Waals surface area contributed by atoms with Crippen molar-refractivity contribution in [2.75, 3.05) is 19.8 Å². The molecule has 0 bridgehead atoms. The predicted molar refractivity (Wildman–Crippen MR) is 53.6 cm³/mol. The van der Waals surface area contributed by atoms with Gasteiger partial charge in [0, 0.05) is 16.8 Å². The highest BCUT2D eigenvalue weighted by Crippen LogP contribution is 2.39. The van der Waals surface area contributed by atoms with Crippen LogP contribution < -0.4 is 11.5 Å². The maximum Gasteiger partial charge on any atom is 0.0575 e. The average Bonchev–Trinajstić information content (AvgIpc) is 2.54. The molecule has 13 heavy (non-hydrogen) atoms. The van der Waals surface area contributed by atoms with Crippen molar-refractivity contribution in [2.24, 2.45) is 16.9 Å². The molecule has 1 saturated heterocycles. The van der Waals surface area contributed by atoms with E-state index >= 15 is 0 Å². The van der Waals surface area contributed by atoms with Gasteiger partial charge in [0.2, 0.25) is 0 Å². The van der Waals surface area contributed by atoms with E-state index in [1.54, 1.807) is 11.3 Å². The zero-order valence-corrected chi connectivity index (χ0v) is 8.22. The summed E-state index contributed by atoms with van der Waals surface area (Å²) in [7, 11) is 0. The molecular formula is C9H14N2OS. The van der Waals surface area contributed by atoms with Crippen LogP contribution in [0.3, 0.4) is 0 Å². The largest absolute Gasteiger partial charge is 0.380 e. The normalized spacial score (nSPS) is 22.3. The standard InChI is InChI=1S/C9H14N2OS/c10-4-9(5-12-6-9)8(11)7-2-1-3-13-7/h1-3,8H,4-6,10-11H2. The third kappa shape index (κ3) is 1.40. The molecule has 1 atom stereocenters. The van der Waals surface area contributed by atoms with Crippen molar-refractivity contribution in [3.05, 3.63) is 22.4 Å². The zero-order valence-electron chi connectivity index (χ0n) is 7.40. The van der Waals surface area contributed by atoms with E-state index in [1.165, 1.54) is 4.88 Å². The summed E-state index contributed by atoms with van der Waals surface area (Å²) in [6.45, 7) is 2.00. The second-order valence-corrected chi connectivity index (χ2v) is 4.53. The van der Waals surface area contributed by atoms with Crippen molar-refractivity contribution in [1.29, 1.82) is 0 Å². The third-order valence-corrected chi connectivity index (χ3v) is 3.65. The average molecular weight is 198 g/mol. The fourth-order valence-electron chi connectivity index (χ4n) is 1.56. The van der Waals surface area contributed by atoms with Gasteiger partial charge in [-0.05, 0) is 11.4 Å². The van der Waals surface area contributed by atoms with Crippen LogP contribution in [-0.4, -0.2) is 19.8 Å². The van der Waals surface area contributed by atoms with Crippen molar-refractivity contribution < 1.29 is 4.74 Å². The highest BCUT2D eigenvalue weighted by molar-refractivity contribution is 7.10. The fourth-order valence-corrected chi connectivity index (χ4v) is 2.43. The number of thiophene rings is 1. The van der Waals surface area contributed by atoms with Crippen molar-refractivity contribution in [3.63, 3.8) is 0 Å². The lowest BCUT2D eigenvalue weighted by Gasteiger charge is -2.44. The summed E-state index contributed by atoms with van der Waals surface area (Å²) in [5.74, 6) is 0. The molecule has 2 rings (SSSR count). The molecule has 0 spiro atoms. The van der Waals surface area contributed by atoms with Gasteiger partial charge in [0.1, 0.15) is 0 Å². The molecule has 1 aliphatic heterocycles. The summed E-state index contributed by atoms with van der Waals surface area (Å²) < 4.78 is 5.19. The Morgan fingerprint density at radius 1 is 1.62 bits per heavy atom. The molecule has 0 amide bonds. The first kappa shape index (κ1) is 9.15. The zero-order chi connectivity index (χ0) is 9.31.